The van der Waals surface area contributed by atoms with Gasteiger partial charge >= 0.3 is 0 Å². The van der Waals surface area contributed by atoms with Gasteiger partial charge in [0.1, 0.15) is 0 Å². The Labute approximate surface area is 101 Å². The molecule has 0 amide bonds. The van der Waals surface area contributed by atoms with Crippen molar-refractivity contribution in [1.29, 1.82) is 0 Å². The Morgan fingerprint density at radius 2 is 2.25 bits per heavy atom. The number of thioether (sulfide) groups is 1. The zero-order chi connectivity index (χ0) is 12.0. The number of hydrogen-bond acceptors (Lipinski definition) is 3. The summed E-state index contributed by atoms with van der Waals surface area (Å²) in [4.78, 5) is 10.7. The van der Waals surface area contributed by atoms with Gasteiger partial charge in [-0.15, -0.1) is 0 Å². The number of anilines is 1. The van der Waals surface area contributed by atoms with E-state index in [0.29, 0.717) is 0 Å². The van der Waals surface area contributed by atoms with Crippen LogP contribution in [-0.4, -0.2) is 10.9 Å². The molecule has 1 aromatic rings. The molecule has 0 aliphatic carbocycles. The second kappa shape index (κ2) is 6.38. The Kier molecular flexibility index (Phi) is 5.12. The third-order valence-electron chi connectivity index (χ3n) is 2.23. The van der Waals surface area contributed by atoms with E-state index in [1.807, 2.05) is 31.2 Å². The van der Waals surface area contributed by atoms with Crippen molar-refractivity contribution in [3.8, 4) is 0 Å². The summed E-state index contributed by atoms with van der Waals surface area (Å²) < 4.78 is 0. The van der Waals surface area contributed by atoms with E-state index < -0.39 is 0 Å². The molecule has 2 nitrogen and oxygen atoms in total. The van der Waals surface area contributed by atoms with Gasteiger partial charge in [0.2, 0.25) is 0 Å². The Morgan fingerprint density at radius 3 is 2.88 bits per heavy atom. The van der Waals surface area contributed by atoms with Gasteiger partial charge in [-0.05, 0) is 30.5 Å². The van der Waals surface area contributed by atoms with Crippen molar-refractivity contribution in [2.45, 2.75) is 20.3 Å². The van der Waals surface area contributed by atoms with Gasteiger partial charge < -0.3 is 5.73 Å². The lowest BCUT2D eigenvalue weighted by molar-refractivity contribution is -0.109. The number of allylic oxidation sites excluding steroid dienone is 1. The molecule has 0 aliphatic heterocycles. The van der Waals surface area contributed by atoms with Gasteiger partial charge in [0.15, 0.2) is 5.12 Å². The lowest BCUT2D eigenvalue weighted by atomic mass is 10.1. The third kappa shape index (κ3) is 4.11. The summed E-state index contributed by atoms with van der Waals surface area (Å²) in [7, 11) is 0. The van der Waals surface area contributed by atoms with Crippen LogP contribution in [0.3, 0.4) is 0 Å². The fourth-order valence-electron chi connectivity index (χ4n) is 1.40. The van der Waals surface area contributed by atoms with Crippen molar-refractivity contribution in [2.24, 2.45) is 0 Å². The molecule has 0 heterocycles. The number of hydrogen-bond donors (Lipinski definition) is 1. The molecule has 1 rings (SSSR count). The first-order valence-electron chi connectivity index (χ1n) is 5.26. The molecule has 0 bridgehead atoms. The van der Waals surface area contributed by atoms with Crippen LogP contribution in [0.25, 0.3) is 6.08 Å². The zero-order valence-corrected chi connectivity index (χ0v) is 10.5. The highest BCUT2D eigenvalue weighted by atomic mass is 32.2. The summed E-state index contributed by atoms with van der Waals surface area (Å²) in [5, 5.41) is 0.170. The molecule has 0 spiro atoms. The Balaban J connectivity index is 2.53. The molecule has 0 unspecified atom stereocenters. The van der Waals surface area contributed by atoms with Crippen molar-refractivity contribution < 1.29 is 4.79 Å². The van der Waals surface area contributed by atoms with Crippen LogP contribution in [0.2, 0.25) is 0 Å². The van der Waals surface area contributed by atoms with Gasteiger partial charge in [0, 0.05) is 18.4 Å². The number of benzene rings is 1. The Morgan fingerprint density at radius 1 is 1.50 bits per heavy atom. The van der Waals surface area contributed by atoms with E-state index in [1.165, 1.54) is 17.3 Å². The normalized spacial score (nSPS) is 10.9. The summed E-state index contributed by atoms with van der Waals surface area (Å²) in [6, 6.07) is 5.89. The first kappa shape index (κ1) is 12.8. The first-order chi connectivity index (χ1) is 7.61. The minimum absolute atomic E-state index is 0.170. The average molecular weight is 235 g/mol. The van der Waals surface area contributed by atoms with Crippen molar-refractivity contribution in [2.75, 3.05) is 11.5 Å². The summed E-state index contributed by atoms with van der Waals surface area (Å²) in [6.45, 7) is 3.63. The summed E-state index contributed by atoms with van der Waals surface area (Å²) >= 11 is 1.35. The minimum atomic E-state index is 0.170. The maximum Gasteiger partial charge on any atom is 0.185 e. The number of rotatable bonds is 4. The molecule has 0 aliphatic rings. The van der Waals surface area contributed by atoms with E-state index >= 15 is 0 Å². The van der Waals surface area contributed by atoms with Crippen LogP contribution >= 0.6 is 11.8 Å². The summed E-state index contributed by atoms with van der Waals surface area (Å²) in [6.07, 6.45) is 4.98. The molecule has 1 aromatic carbocycles. The van der Waals surface area contributed by atoms with Crippen LogP contribution in [0, 0.1) is 6.92 Å². The largest absolute Gasteiger partial charge is 0.398 e. The smallest absolute Gasteiger partial charge is 0.185 e. The van der Waals surface area contributed by atoms with Crippen LogP contribution in [0.15, 0.2) is 24.3 Å². The van der Waals surface area contributed by atoms with E-state index in [-0.39, 0.29) is 5.12 Å². The lowest BCUT2D eigenvalue weighted by Gasteiger charge is -2.03. The second-order valence-electron chi connectivity index (χ2n) is 3.61. The van der Waals surface area contributed by atoms with E-state index in [9.17, 15) is 4.79 Å². The molecule has 2 N–H and O–H groups in total. The number of nitrogens with two attached hydrogens (primary N) is 1. The SMILES string of the molecule is CC(=O)SCCC=Cc1c(C)cccc1N. The van der Waals surface area contributed by atoms with Gasteiger partial charge in [-0.25, -0.2) is 0 Å². The molecule has 0 fully saturated rings. The molecule has 0 atom stereocenters. The maximum atomic E-state index is 10.7. The Hall–Kier alpha value is -1.22. The molecule has 0 radical (unpaired) electrons. The number of aryl methyl sites for hydroxylation is 1. The van der Waals surface area contributed by atoms with E-state index in [4.69, 9.17) is 5.73 Å². The van der Waals surface area contributed by atoms with Crippen LogP contribution in [0.1, 0.15) is 24.5 Å². The average Bonchev–Trinajstić information content (AvgIpc) is 2.21. The summed E-state index contributed by atoms with van der Waals surface area (Å²) in [5.74, 6) is 0.831. The molecule has 0 aromatic heterocycles. The van der Waals surface area contributed by atoms with Crippen LogP contribution in [0.5, 0.6) is 0 Å². The van der Waals surface area contributed by atoms with Crippen molar-refractivity contribution in [3.63, 3.8) is 0 Å². The number of carbonyl (C=O) groups excluding carboxylic acids is 1. The quantitative estimate of drug-likeness (QED) is 0.643. The standard InChI is InChI=1S/C13H17NOS/c1-10-6-5-8-13(14)12(10)7-3-4-9-16-11(2)15/h3,5-8H,4,9,14H2,1-2H3. The van der Waals surface area contributed by atoms with Crippen molar-refractivity contribution >= 4 is 28.6 Å². The highest BCUT2D eigenvalue weighted by Gasteiger charge is 1.97. The van der Waals surface area contributed by atoms with E-state index in [0.717, 1.165) is 23.4 Å². The zero-order valence-electron chi connectivity index (χ0n) is 9.69. The van der Waals surface area contributed by atoms with Crippen LogP contribution in [0.4, 0.5) is 5.69 Å². The predicted octanol–water partition coefficient (Wildman–Crippen LogP) is 3.26. The highest BCUT2D eigenvalue weighted by molar-refractivity contribution is 8.13. The number of nitrogen functional groups attached to an aromatic ring is 1. The predicted molar refractivity (Wildman–Crippen MR) is 72.4 cm³/mol. The second-order valence-corrected chi connectivity index (χ2v) is 4.88. The minimum Gasteiger partial charge on any atom is -0.398 e. The Bertz CT molecular complexity index is 379. The fourth-order valence-corrected chi connectivity index (χ4v) is 1.94. The summed E-state index contributed by atoms with van der Waals surface area (Å²) in [5.41, 5.74) is 8.93. The lowest BCUT2D eigenvalue weighted by Crippen LogP contribution is -1.91. The van der Waals surface area contributed by atoms with Gasteiger partial charge in [0.25, 0.3) is 0 Å². The van der Waals surface area contributed by atoms with Crippen LogP contribution in [-0.2, 0) is 4.79 Å². The molecule has 0 saturated carbocycles. The topological polar surface area (TPSA) is 43.1 Å². The van der Waals surface area contributed by atoms with Gasteiger partial charge in [-0.2, -0.15) is 0 Å². The molecular weight excluding hydrogens is 218 g/mol. The molecule has 86 valence electrons. The third-order valence-corrected chi connectivity index (χ3v) is 3.08. The van der Waals surface area contributed by atoms with Crippen LogP contribution < -0.4 is 5.73 Å². The first-order valence-corrected chi connectivity index (χ1v) is 6.25. The molecular formula is C13H17NOS. The van der Waals surface area contributed by atoms with E-state index in [2.05, 4.69) is 6.08 Å². The van der Waals surface area contributed by atoms with E-state index in [1.54, 1.807) is 6.92 Å². The molecule has 16 heavy (non-hydrogen) atoms. The fraction of sp³-hybridized carbons (Fsp3) is 0.308. The van der Waals surface area contributed by atoms with Gasteiger partial charge in [0.05, 0.1) is 0 Å². The molecule has 3 heteroatoms. The maximum absolute atomic E-state index is 10.7. The van der Waals surface area contributed by atoms with Gasteiger partial charge in [-0.3, -0.25) is 4.79 Å². The number of carbonyl (C=O) groups is 1. The highest BCUT2D eigenvalue weighted by Crippen LogP contribution is 2.18. The monoisotopic (exact) mass is 235 g/mol. The molecule has 0 saturated heterocycles. The van der Waals surface area contributed by atoms with Gasteiger partial charge in [-0.1, -0.05) is 36.0 Å². The van der Waals surface area contributed by atoms with Crippen molar-refractivity contribution in [1.82, 2.24) is 0 Å². The van der Waals surface area contributed by atoms with Crippen molar-refractivity contribution in [3.05, 3.63) is 35.4 Å².